The lowest BCUT2D eigenvalue weighted by Gasteiger charge is -2.14. The highest BCUT2D eigenvalue weighted by molar-refractivity contribution is 5.36. The third-order valence-corrected chi connectivity index (χ3v) is 3.10. The first kappa shape index (κ1) is 12.8. The number of hydrogen-bond donors (Lipinski definition) is 1. The van der Waals surface area contributed by atoms with Gasteiger partial charge in [-0.05, 0) is 49.4 Å². The van der Waals surface area contributed by atoms with Crippen molar-refractivity contribution in [2.75, 3.05) is 0 Å². The van der Waals surface area contributed by atoms with Gasteiger partial charge in [-0.3, -0.25) is 5.32 Å². The van der Waals surface area contributed by atoms with Crippen LogP contribution in [0, 0.1) is 33.1 Å². The lowest BCUT2D eigenvalue weighted by molar-refractivity contribution is 0.591. The summed E-state index contributed by atoms with van der Waals surface area (Å²) in [5.41, 5.74) is 5.38. The Kier molecular flexibility index (Phi) is 4.58. The quantitative estimate of drug-likeness (QED) is 0.761. The normalized spacial score (nSPS) is 12.2. The topological polar surface area (TPSA) is 12.0 Å². The average Bonchev–Trinajstić information content (AvgIpc) is 2.26. The molecule has 0 aliphatic rings. The molecule has 0 heterocycles. The third-order valence-electron chi connectivity index (χ3n) is 3.10. The highest BCUT2D eigenvalue weighted by atomic mass is 14.9. The summed E-state index contributed by atoms with van der Waals surface area (Å²) in [7, 11) is 0. The summed E-state index contributed by atoms with van der Waals surface area (Å²) in [6.07, 6.45) is 6.40. The molecular formula is C15H21N. The predicted octanol–water partition coefficient (Wildman–Crippen LogP) is 3.11. The van der Waals surface area contributed by atoms with Gasteiger partial charge in [0, 0.05) is 6.54 Å². The largest absolute Gasteiger partial charge is 0.300 e. The number of rotatable bonds is 4. The fraction of sp³-hybridized carbons (Fsp3) is 0.467. The second-order valence-corrected chi connectivity index (χ2v) is 4.37. The molecule has 1 aromatic rings. The molecule has 0 aliphatic carbocycles. The van der Waals surface area contributed by atoms with E-state index in [9.17, 15) is 0 Å². The van der Waals surface area contributed by atoms with Gasteiger partial charge in [0.25, 0.3) is 0 Å². The molecule has 1 heteroatoms. The molecule has 16 heavy (non-hydrogen) atoms. The van der Waals surface area contributed by atoms with Gasteiger partial charge >= 0.3 is 0 Å². The van der Waals surface area contributed by atoms with Crippen molar-refractivity contribution in [1.29, 1.82) is 0 Å². The maximum Gasteiger partial charge on any atom is 0.0686 e. The maximum absolute atomic E-state index is 5.43. The molecule has 0 aromatic heterocycles. The van der Waals surface area contributed by atoms with E-state index in [0.29, 0.717) is 0 Å². The highest BCUT2D eigenvalue weighted by Crippen LogP contribution is 2.15. The Balaban J connectivity index is 2.75. The highest BCUT2D eigenvalue weighted by Gasteiger charge is 2.04. The van der Waals surface area contributed by atoms with Crippen LogP contribution in [0.15, 0.2) is 12.1 Å². The molecule has 86 valence electrons. The van der Waals surface area contributed by atoms with E-state index >= 15 is 0 Å². The molecule has 0 bridgehead atoms. The fourth-order valence-corrected chi connectivity index (χ4v) is 1.77. The minimum atomic E-state index is 0.181. The summed E-state index contributed by atoms with van der Waals surface area (Å²) in [5.74, 6) is 2.76. The number of aryl methyl sites for hydroxylation is 3. The number of nitrogens with one attached hydrogen (secondary N) is 1. The Bertz CT molecular complexity index is 399. The predicted molar refractivity (Wildman–Crippen MR) is 70.4 cm³/mol. The van der Waals surface area contributed by atoms with Gasteiger partial charge in [0.05, 0.1) is 6.04 Å². The molecule has 1 unspecified atom stereocenters. The molecule has 0 radical (unpaired) electrons. The first-order valence-electron chi connectivity index (χ1n) is 5.84. The van der Waals surface area contributed by atoms with Crippen molar-refractivity contribution in [2.45, 2.75) is 46.7 Å². The number of hydrogen-bond acceptors (Lipinski definition) is 1. The Labute approximate surface area is 99.3 Å². The lowest BCUT2D eigenvalue weighted by Crippen LogP contribution is -2.26. The van der Waals surface area contributed by atoms with E-state index in [4.69, 9.17) is 6.42 Å². The Morgan fingerprint density at radius 2 is 1.81 bits per heavy atom. The van der Waals surface area contributed by atoms with Crippen molar-refractivity contribution in [1.82, 2.24) is 5.32 Å². The van der Waals surface area contributed by atoms with E-state index in [2.05, 4.69) is 51.1 Å². The molecule has 0 amide bonds. The Morgan fingerprint density at radius 3 is 2.38 bits per heavy atom. The van der Waals surface area contributed by atoms with Crippen LogP contribution in [0.1, 0.15) is 35.6 Å². The molecule has 0 spiro atoms. The molecule has 1 atom stereocenters. The summed E-state index contributed by atoms with van der Waals surface area (Å²) >= 11 is 0. The summed E-state index contributed by atoms with van der Waals surface area (Å²) in [5, 5.41) is 3.39. The molecule has 0 saturated carbocycles. The van der Waals surface area contributed by atoms with Crippen LogP contribution in [0.3, 0.4) is 0 Å². The molecule has 1 nitrogen and oxygen atoms in total. The molecule has 0 saturated heterocycles. The van der Waals surface area contributed by atoms with Gasteiger partial charge in [0.2, 0.25) is 0 Å². The summed E-state index contributed by atoms with van der Waals surface area (Å²) < 4.78 is 0. The van der Waals surface area contributed by atoms with Crippen molar-refractivity contribution in [3.05, 3.63) is 34.4 Å². The van der Waals surface area contributed by atoms with E-state index < -0.39 is 0 Å². The minimum Gasteiger partial charge on any atom is -0.300 e. The molecule has 1 N–H and O–H groups in total. The van der Waals surface area contributed by atoms with Gasteiger partial charge in [-0.2, -0.15) is 0 Å². The van der Waals surface area contributed by atoms with Gasteiger partial charge in [-0.15, -0.1) is 6.42 Å². The monoisotopic (exact) mass is 215 g/mol. The summed E-state index contributed by atoms with van der Waals surface area (Å²) in [6, 6.07) is 4.67. The van der Waals surface area contributed by atoms with Gasteiger partial charge in [0.1, 0.15) is 0 Å². The molecule has 1 aromatic carbocycles. The van der Waals surface area contributed by atoms with Crippen molar-refractivity contribution >= 4 is 0 Å². The van der Waals surface area contributed by atoms with Crippen LogP contribution in [0.25, 0.3) is 0 Å². The fourth-order valence-electron chi connectivity index (χ4n) is 1.77. The van der Waals surface area contributed by atoms with Crippen molar-refractivity contribution < 1.29 is 0 Å². The summed E-state index contributed by atoms with van der Waals surface area (Å²) in [6.45, 7) is 9.41. The van der Waals surface area contributed by atoms with Crippen LogP contribution in [0.5, 0.6) is 0 Å². The molecular weight excluding hydrogens is 194 g/mol. The van der Waals surface area contributed by atoms with Crippen molar-refractivity contribution in [3.8, 4) is 12.3 Å². The van der Waals surface area contributed by atoms with Crippen molar-refractivity contribution in [3.63, 3.8) is 0 Å². The zero-order valence-electron chi connectivity index (χ0n) is 10.7. The first-order valence-corrected chi connectivity index (χ1v) is 5.84. The summed E-state index contributed by atoms with van der Waals surface area (Å²) in [4.78, 5) is 0. The van der Waals surface area contributed by atoms with Crippen LogP contribution in [-0.2, 0) is 6.54 Å². The minimum absolute atomic E-state index is 0.181. The number of terminal acetylenes is 1. The van der Waals surface area contributed by atoms with Crippen molar-refractivity contribution in [2.24, 2.45) is 0 Å². The van der Waals surface area contributed by atoms with Gasteiger partial charge in [0.15, 0.2) is 0 Å². The van der Waals surface area contributed by atoms with Gasteiger partial charge in [-0.1, -0.05) is 25.0 Å². The van der Waals surface area contributed by atoms with E-state index in [1.807, 2.05) is 0 Å². The third kappa shape index (κ3) is 3.12. The standard InChI is InChI=1S/C15H21N/c1-6-15(7-2)16-10-14-9-12(4)11(3)8-13(14)5/h1,8-9,15-16H,7,10H2,2-5H3. The second-order valence-electron chi connectivity index (χ2n) is 4.37. The SMILES string of the molecule is C#CC(CC)NCc1cc(C)c(C)cc1C. The molecule has 0 aliphatic heterocycles. The van der Waals surface area contributed by atoms with E-state index in [-0.39, 0.29) is 6.04 Å². The molecule has 1 rings (SSSR count). The van der Waals surface area contributed by atoms with Crippen LogP contribution >= 0.6 is 0 Å². The zero-order chi connectivity index (χ0) is 12.1. The lowest BCUT2D eigenvalue weighted by atomic mass is 10.0. The smallest absolute Gasteiger partial charge is 0.0686 e. The maximum atomic E-state index is 5.43. The van der Waals surface area contributed by atoms with Gasteiger partial charge < -0.3 is 0 Å². The zero-order valence-corrected chi connectivity index (χ0v) is 10.7. The number of benzene rings is 1. The Hall–Kier alpha value is -1.26. The van der Waals surface area contributed by atoms with E-state index in [1.54, 1.807) is 0 Å². The average molecular weight is 215 g/mol. The second kappa shape index (κ2) is 5.72. The van der Waals surface area contributed by atoms with Crippen LogP contribution < -0.4 is 5.32 Å². The molecule has 0 fully saturated rings. The first-order chi connectivity index (χ1) is 7.58. The van der Waals surface area contributed by atoms with E-state index in [0.717, 1.165) is 13.0 Å². The van der Waals surface area contributed by atoms with Crippen LogP contribution in [-0.4, -0.2) is 6.04 Å². The Morgan fingerprint density at radius 1 is 1.19 bits per heavy atom. The van der Waals surface area contributed by atoms with Gasteiger partial charge in [-0.25, -0.2) is 0 Å². The van der Waals surface area contributed by atoms with Crippen LogP contribution in [0.2, 0.25) is 0 Å². The van der Waals surface area contributed by atoms with Crippen LogP contribution in [0.4, 0.5) is 0 Å². The van der Waals surface area contributed by atoms with E-state index in [1.165, 1.54) is 22.3 Å².